The highest BCUT2D eigenvalue weighted by Gasteiger charge is 2.47. The number of rotatable bonds is 3. The maximum absolute atomic E-state index is 12.9. The standard InChI is InChI=1S/C14H26N2O2/c1-11(2)14(6-7-15-10-14)13(18)16-8-4-3-5-12(16)9-17/h11-12,15,17H,3-10H2,1-2H3. The second kappa shape index (κ2) is 5.57. The van der Waals surface area contributed by atoms with Crippen LogP contribution in [0.3, 0.4) is 0 Å². The van der Waals surface area contributed by atoms with Crippen LogP contribution in [0.15, 0.2) is 0 Å². The second-order valence-electron chi connectivity index (χ2n) is 6.07. The van der Waals surface area contributed by atoms with E-state index in [1.807, 2.05) is 4.90 Å². The minimum absolute atomic E-state index is 0.0440. The molecule has 0 aliphatic carbocycles. The van der Waals surface area contributed by atoms with Crippen molar-refractivity contribution < 1.29 is 9.90 Å². The Morgan fingerprint density at radius 2 is 2.28 bits per heavy atom. The molecule has 2 saturated heterocycles. The first-order valence-corrected chi connectivity index (χ1v) is 7.24. The Bertz CT molecular complexity index is 298. The number of carbonyl (C=O) groups is 1. The molecule has 2 heterocycles. The fourth-order valence-corrected chi connectivity index (χ4v) is 3.38. The van der Waals surface area contributed by atoms with Crippen molar-refractivity contribution in [3.8, 4) is 0 Å². The van der Waals surface area contributed by atoms with Gasteiger partial charge in [-0.2, -0.15) is 0 Å². The van der Waals surface area contributed by atoms with E-state index in [9.17, 15) is 9.90 Å². The van der Waals surface area contributed by atoms with E-state index in [2.05, 4.69) is 19.2 Å². The summed E-state index contributed by atoms with van der Waals surface area (Å²) in [6.07, 6.45) is 4.08. The molecule has 2 aliphatic rings. The quantitative estimate of drug-likeness (QED) is 0.790. The summed E-state index contributed by atoms with van der Waals surface area (Å²) in [4.78, 5) is 14.9. The minimum Gasteiger partial charge on any atom is -0.394 e. The number of amides is 1. The van der Waals surface area contributed by atoms with Crippen LogP contribution in [0.5, 0.6) is 0 Å². The van der Waals surface area contributed by atoms with Crippen LogP contribution in [0.1, 0.15) is 39.5 Å². The highest BCUT2D eigenvalue weighted by molar-refractivity contribution is 5.84. The highest BCUT2D eigenvalue weighted by atomic mass is 16.3. The SMILES string of the molecule is CC(C)C1(C(=O)N2CCCCC2CO)CCNC1. The van der Waals surface area contributed by atoms with Crippen LogP contribution in [-0.4, -0.2) is 48.2 Å². The predicted octanol–water partition coefficient (Wildman–Crippen LogP) is 0.995. The van der Waals surface area contributed by atoms with Gasteiger partial charge < -0.3 is 15.3 Å². The number of nitrogens with zero attached hydrogens (tertiary/aromatic N) is 1. The number of nitrogens with one attached hydrogen (secondary N) is 1. The molecule has 0 aromatic heterocycles. The molecule has 4 heteroatoms. The zero-order valence-electron chi connectivity index (χ0n) is 11.6. The molecular weight excluding hydrogens is 228 g/mol. The molecule has 2 atom stereocenters. The number of carbonyl (C=O) groups excluding carboxylic acids is 1. The monoisotopic (exact) mass is 254 g/mol. The fourth-order valence-electron chi connectivity index (χ4n) is 3.38. The molecule has 4 nitrogen and oxygen atoms in total. The van der Waals surface area contributed by atoms with Gasteiger partial charge in [-0.15, -0.1) is 0 Å². The summed E-state index contributed by atoms with van der Waals surface area (Å²) in [7, 11) is 0. The third-order valence-corrected chi connectivity index (χ3v) is 4.82. The smallest absolute Gasteiger partial charge is 0.230 e. The van der Waals surface area contributed by atoms with Crippen molar-refractivity contribution in [1.29, 1.82) is 0 Å². The van der Waals surface area contributed by atoms with Gasteiger partial charge in [0, 0.05) is 13.1 Å². The van der Waals surface area contributed by atoms with Crippen molar-refractivity contribution in [3.63, 3.8) is 0 Å². The molecule has 2 rings (SSSR count). The summed E-state index contributed by atoms with van der Waals surface area (Å²) in [5.74, 6) is 0.613. The van der Waals surface area contributed by atoms with Crippen LogP contribution < -0.4 is 5.32 Å². The van der Waals surface area contributed by atoms with Crippen molar-refractivity contribution in [3.05, 3.63) is 0 Å². The first kappa shape index (κ1) is 13.8. The molecule has 0 saturated carbocycles. The van der Waals surface area contributed by atoms with Crippen LogP contribution >= 0.6 is 0 Å². The number of aliphatic hydroxyl groups excluding tert-OH is 1. The van der Waals surface area contributed by atoms with Crippen LogP contribution in [0.4, 0.5) is 0 Å². The zero-order valence-corrected chi connectivity index (χ0v) is 11.6. The average molecular weight is 254 g/mol. The lowest BCUT2D eigenvalue weighted by Crippen LogP contribution is -2.54. The van der Waals surface area contributed by atoms with Gasteiger partial charge in [-0.1, -0.05) is 13.8 Å². The molecule has 2 aliphatic heterocycles. The molecule has 18 heavy (non-hydrogen) atoms. The van der Waals surface area contributed by atoms with Crippen LogP contribution in [0.25, 0.3) is 0 Å². The molecule has 2 fully saturated rings. The molecule has 1 amide bonds. The van der Waals surface area contributed by atoms with E-state index in [0.29, 0.717) is 5.92 Å². The van der Waals surface area contributed by atoms with E-state index >= 15 is 0 Å². The number of hydrogen-bond acceptors (Lipinski definition) is 3. The van der Waals surface area contributed by atoms with Crippen molar-refractivity contribution in [2.75, 3.05) is 26.2 Å². The largest absolute Gasteiger partial charge is 0.394 e. The van der Waals surface area contributed by atoms with Crippen LogP contribution in [0, 0.1) is 11.3 Å². The van der Waals surface area contributed by atoms with Crippen molar-refractivity contribution in [2.24, 2.45) is 11.3 Å². The van der Waals surface area contributed by atoms with E-state index < -0.39 is 0 Å². The summed E-state index contributed by atoms with van der Waals surface area (Å²) < 4.78 is 0. The lowest BCUT2D eigenvalue weighted by Gasteiger charge is -2.42. The normalized spacial score (nSPS) is 33.1. The van der Waals surface area contributed by atoms with Gasteiger partial charge in [0.25, 0.3) is 0 Å². The number of likely N-dealkylation sites (tertiary alicyclic amines) is 1. The second-order valence-corrected chi connectivity index (χ2v) is 6.07. The van der Waals surface area contributed by atoms with E-state index in [1.54, 1.807) is 0 Å². The summed E-state index contributed by atoms with van der Waals surface area (Å²) in [6.45, 7) is 6.93. The Balaban J connectivity index is 2.17. The summed E-state index contributed by atoms with van der Waals surface area (Å²) in [6, 6.07) is 0.0440. The lowest BCUT2D eigenvalue weighted by atomic mass is 9.74. The molecule has 0 aromatic rings. The van der Waals surface area contributed by atoms with Gasteiger partial charge in [0.15, 0.2) is 0 Å². The van der Waals surface area contributed by atoms with Crippen LogP contribution in [-0.2, 0) is 4.79 Å². The Hall–Kier alpha value is -0.610. The highest BCUT2D eigenvalue weighted by Crippen LogP contribution is 2.37. The summed E-state index contributed by atoms with van der Waals surface area (Å²) in [5.41, 5.74) is -0.245. The molecule has 2 unspecified atom stereocenters. The Morgan fingerprint density at radius 3 is 2.83 bits per heavy atom. The number of hydrogen-bond donors (Lipinski definition) is 2. The van der Waals surface area contributed by atoms with E-state index in [4.69, 9.17) is 0 Å². The molecule has 104 valence electrons. The molecule has 0 bridgehead atoms. The third kappa shape index (κ3) is 2.28. The average Bonchev–Trinajstić information content (AvgIpc) is 2.88. The minimum atomic E-state index is -0.245. The van der Waals surface area contributed by atoms with E-state index in [1.165, 1.54) is 0 Å². The van der Waals surface area contributed by atoms with E-state index in [-0.39, 0.29) is 24.0 Å². The van der Waals surface area contributed by atoms with Gasteiger partial charge in [0.2, 0.25) is 5.91 Å². The molecule has 2 N–H and O–H groups in total. The number of piperidine rings is 1. The Kier molecular flexibility index (Phi) is 4.28. The fraction of sp³-hybridized carbons (Fsp3) is 0.929. The first-order valence-electron chi connectivity index (χ1n) is 7.24. The molecular formula is C14H26N2O2. The van der Waals surface area contributed by atoms with Gasteiger partial charge in [-0.3, -0.25) is 4.79 Å². The molecule has 0 radical (unpaired) electrons. The summed E-state index contributed by atoms with van der Waals surface area (Å²) in [5, 5.41) is 12.8. The maximum Gasteiger partial charge on any atom is 0.230 e. The van der Waals surface area contributed by atoms with Gasteiger partial charge in [-0.05, 0) is 38.1 Å². The van der Waals surface area contributed by atoms with Crippen molar-refractivity contribution in [2.45, 2.75) is 45.6 Å². The molecule has 0 aromatic carbocycles. The van der Waals surface area contributed by atoms with Crippen molar-refractivity contribution in [1.82, 2.24) is 10.2 Å². The lowest BCUT2D eigenvalue weighted by molar-refractivity contribution is -0.148. The van der Waals surface area contributed by atoms with Crippen LogP contribution in [0.2, 0.25) is 0 Å². The number of aliphatic hydroxyl groups is 1. The molecule has 0 spiro atoms. The van der Waals surface area contributed by atoms with Gasteiger partial charge >= 0.3 is 0 Å². The topological polar surface area (TPSA) is 52.6 Å². The predicted molar refractivity (Wildman–Crippen MR) is 71.2 cm³/mol. The van der Waals surface area contributed by atoms with E-state index in [0.717, 1.165) is 45.3 Å². The Labute approximate surface area is 110 Å². The maximum atomic E-state index is 12.9. The zero-order chi connectivity index (χ0) is 13.2. The van der Waals surface area contributed by atoms with Gasteiger partial charge in [-0.25, -0.2) is 0 Å². The van der Waals surface area contributed by atoms with Crippen molar-refractivity contribution >= 4 is 5.91 Å². The van der Waals surface area contributed by atoms with Gasteiger partial charge in [0.1, 0.15) is 0 Å². The first-order chi connectivity index (χ1) is 8.62. The Morgan fingerprint density at radius 1 is 1.50 bits per heavy atom. The summed E-state index contributed by atoms with van der Waals surface area (Å²) >= 11 is 0. The van der Waals surface area contributed by atoms with Gasteiger partial charge in [0.05, 0.1) is 18.1 Å². The third-order valence-electron chi connectivity index (χ3n) is 4.82.